The van der Waals surface area contributed by atoms with Gasteiger partial charge in [-0.25, -0.2) is 4.98 Å². The number of carbonyl (C=O) groups is 2. The molecule has 5 nitrogen and oxygen atoms in total. The molecule has 0 fully saturated rings. The van der Waals surface area contributed by atoms with Gasteiger partial charge in [0.15, 0.2) is 0 Å². The number of rotatable bonds is 4. The van der Waals surface area contributed by atoms with Gasteiger partial charge < -0.3 is 10.6 Å². The van der Waals surface area contributed by atoms with Gasteiger partial charge in [0.2, 0.25) is 5.91 Å². The van der Waals surface area contributed by atoms with E-state index in [4.69, 9.17) is 0 Å². The molecule has 0 aliphatic heterocycles. The SMILES string of the molecule is CC(=O)Nc1ccc(CNC(=O)c2ccnc(Br)c2)cc1. The summed E-state index contributed by atoms with van der Waals surface area (Å²) in [4.78, 5) is 26.9. The molecule has 2 rings (SSSR count). The van der Waals surface area contributed by atoms with Gasteiger partial charge in [0.1, 0.15) is 4.60 Å². The molecule has 0 atom stereocenters. The molecule has 2 aromatic rings. The first-order valence-corrected chi connectivity index (χ1v) is 7.10. The lowest BCUT2D eigenvalue weighted by Crippen LogP contribution is -2.22. The fraction of sp³-hybridized carbons (Fsp3) is 0.133. The van der Waals surface area contributed by atoms with Gasteiger partial charge in [0.05, 0.1) is 0 Å². The maximum Gasteiger partial charge on any atom is 0.251 e. The summed E-state index contributed by atoms with van der Waals surface area (Å²) >= 11 is 3.23. The van der Waals surface area contributed by atoms with Gasteiger partial charge in [-0.3, -0.25) is 9.59 Å². The maximum absolute atomic E-state index is 12.0. The first-order chi connectivity index (χ1) is 10.0. The van der Waals surface area contributed by atoms with Crippen molar-refractivity contribution in [2.45, 2.75) is 13.5 Å². The minimum atomic E-state index is -0.163. The molecule has 21 heavy (non-hydrogen) atoms. The van der Waals surface area contributed by atoms with Crippen molar-refractivity contribution in [2.75, 3.05) is 5.32 Å². The Balaban J connectivity index is 1.93. The van der Waals surface area contributed by atoms with Crippen LogP contribution >= 0.6 is 15.9 Å². The third-order valence-corrected chi connectivity index (χ3v) is 3.15. The second-order valence-electron chi connectivity index (χ2n) is 4.43. The van der Waals surface area contributed by atoms with E-state index in [-0.39, 0.29) is 11.8 Å². The largest absolute Gasteiger partial charge is 0.348 e. The van der Waals surface area contributed by atoms with Crippen LogP contribution in [0, 0.1) is 0 Å². The van der Waals surface area contributed by atoms with Crippen molar-refractivity contribution in [1.82, 2.24) is 10.3 Å². The Morgan fingerprint density at radius 3 is 2.52 bits per heavy atom. The van der Waals surface area contributed by atoms with E-state index in [1.165, 1.54) is 6.92 Å². The summed E-state index contributed by atoms with van der Waals surface area (Å²) < 4.78 is 0.620. The van der Waals surface area contributed by atoms with E-state index in [2.05, 4.69) is 31.5 Å². The zero-order valence-corrected chi connectivity index (χ0v) is 13.0. The number of anilines is 1. The van der Waals surface area contributed by atoms with Crippen molar-refractivity contribution in [2.24, 2.45) is 0 Å². The van der Waals surface area contributed by atoms with Gasteiger partial charge in [-0.15, -0.1) is 0 Å². The fourth-order valence-electron chi connectivity index (χ4n) is 1.74. The zero-order valence-electron chi connectivity index (χ0n) is 11.4. The Hall–Kier alpha value is -2.21. The zero-order chi connectivity index (χ0) is 15.2. The summed E-state index contributed by atoms with van der Waals surface area (Å²) in [5, 5.41) is 5.52. The molecule has 0 spiro atoms. The van der Waals surface area contributed by atoms with Crippen LogP contribution in [0.3, 0.4) is 0 Å². The minimum Gasteiger partial charge on any atom is -0.348 e. The topological polar surface area (TPSA) is 71.1 Å². The van der Waals surface area contributed by atoms with Crippen LogP contribution in [0.5, 0.6) is 0 Å². The van der Waals surface area contributed by atoms with Crippen molar-refractivity contribution in [1.29, 1.82) is 0 Å². The van der Waals surface area contributed by atoms with E-state index in [0.717, 1.165) is 11.3 Å². The average molecular weight is 348 g/mol. The average Bonchev–Trinajstić information content (AvgIpc) is 2.45. The van der Waals surface area contributed by atoms with Crippen LogP contribution in [0.15, 0.2) is 47.2 Å². The van der Waals surface area contributed by atoms with Crippen LogP contribution in [0.4, 0.5) is 5.69 Å². The molecule has 6 heteroatoms. The van der Waals surface area contributed by atoms with Crippen LogP contribution < -0.4 is 10.6 Å². The summed E-state index contributed by atoms with van der Waals surface area (Å²) in [6.45, 7) is 1.88. The molecule has 0 aliphatic rings. The number of pyridine rings is 1. The predicted octanol–water partition coefficient (Wildman–Crippen LogP) is 2.73. The molecule has 1 aromatic heterocycles. The van der Waals surface area contributed by atoms with E-state index in [0.29, 0.717) is 16.7 Å². The highest BCUT2D eigenvalue weighted by Gasteiger charge is 2.06. The number of hydrogen-bond donors (Lipinski definition) is 2. The summed E-state index contributed by atoms with van der Waals surface area (Å²) in [6, 6.07) is 10.6. The van der Waals surface area contributed by atoms with Crippen molar-refractivity contribution < 1.29 is 9.59 Å². The Kier molecular flexibility index (Phi) is 5.05. The maximum atomic E-state index is 12.0. The number of nitrogens with one attached hydrogen (secondary N) is 2. The van der Waals surface area contributed by atoms with Crippen molar-refractivity contribution in [3.8, 4) is 0 Å². The Morgan fingerprint density at radius 1 is 1.19 bits per heavy atom. The van der Waals surface area contributed by atoms with E-state index >= 15 is 0 Å². The van der Waals surface area contributed by atoms with E-state index in [1.807, 2.05) is 12.1 Å². The number of amides is 2. The molecule has 2 amide bonds. The second-order valence-corrected chi connectivity index (χ2v) is 5.24. The molecule has 2 N–H and O–H groups in total. The van der Waals surface area contributed by atoms with Gasteiger partial charge in [-0.2, -0.15) is 0 Å². The smallest absolute Gasteiger partial charge is 0.251 e. The number of aromatic nitrogens is 1. The molecule has 0 radical (unpaired) electrons. The van der Waals surface area contributed by atoms with Crippen molar-refractivity contribution in [3.05, 3.63) is 58.3 Å². The first-order valence-electron chi connectivity index (χ1n) is 6.31. The lowest BCUT2D eigenvalue weighted by molar-refractivity contribution is -0.114. The van der Waals surface area contributed by atoms with Crippen LogP contribution in [-0.2, 0) is 11.3 Å². The van der Waals surface area contributed by atoms with E-state index < -0.39 is 0 Å². The first kappa shape index (κ1) is 15.2. The highest BCUT2D eigenvalue weighted by atomic mass is 79.9. The fourth-order valence-corrected chi connectivity index (χ4v) is 2.10. The summed E-state index contributed by atoms with van der Waals surface area (Å²) in [5.41, 5.74) is 2.23. The second kappa shape index (κ2) is 6.99. The molecule has 0 unspecified atom stereocenters. The third kappa shape index (κ3) is 4.68. The van der Waals surface area contributed by atoms with Gasteiger partial charge >= 0.3 is 0 Å². The number of nitrogens with zero attached hydrogens (tertiary/aromatic N) is 1. The third-order valence-electron chi connectivity index (χ3n) is 2.72. The van der Waals surface area contributed by atoms with Crippen molar-refractivity contribution in [3.63, 3.8) is 0 Å². The Morgan fingerprint density at radius 2 is 1.90 bits per heavy atom. The molecular weight excluding hydrogens is 334 g/mol. The van der Waals surface area contributed by atoms with Gasteiger partial charge in [-0.1, -0.05) is 12.1 Å². The van der Waals surface area contributed by atoms with Gasteiger partial charge in [0, 0.05) is 30.9 Å². The van der Waals surface area contributed by atoms with E-state index in [9.17, 15) is 9.59 Å². The predicted molar refractivity (Wildman–Crippen MR) is 83.9 cm³/mol. The number of halogens is 1. The molecule has 0 saturated heterocycles. The Bertz CT molecular complexity index is 656. The van der Waals surface area contributed by atoms with E-state index in [1.54, 1.807) is 30.5 Å². The van der Waals surface area contributed by atoms with Crippen molar-refractivity contribution >= 4 is 33.4 Å². The molecular formula is C15H14BrN3O2. The lowest BCUT2D eigenvalue weighted by atomic mass is 10.2. The minimum absolute atomic E-state index is 0.112. The lowest BCUT2D eigenvalue weighted by Gasteiger charge is -2.07. The molecule has 1 heterocycles. The highest BCUT2D eigenvalue weighted by Crippen LogP contribution is 2.10. The van der Waals surface area contributed by atoms with Gasteiger partial charge in [-0.05, 0) is 45.8 Å². The molecule has 0 bridgehead atoms. The summed E-state index contributed by atoms with van der Waals surface area (Å²) in [5.74, 6) is -0.275. The standard InChI is InChI=1S/C15H14BrN3O2/c1-10(20)19-13-4-2-11(3-5-13)9-18-15(21)12-6-7-17-14(16)8-12/h2-8H,9H2,1H3,(H,18,21)(H,19,20). The van der Waals surface area contributed by atoms with Crippen LogP contribution in [0.25, 0.3) is 0 Å². The normalized spacial score (nSPS) is 10.0. The quantitative estimate of drug-likeness (QED) is 0.835. The van der Waals surface area contributed by atoms with Crippen LogP contribution in [-0.4, -0.2) is 16.8 Å². The van der Waals surface area contributed by atoms with Crippen LogP contribution in [0.1, 0.15) is 22.8 Å². The van der Waals surface area contributed by atoms with Crippen LogP contribution in [0.2, 0.25) is 0 Å². The highest BCUT2D eigenvalue weighted by molar-refractivity contribution is 9.10. The Labute approximate surface area is 130 Å². The molecule has 0 saturated carbocycles. The number of hydrogen-bond acceptors (Lipinski definition) is 3. The van der Waals surface area contributed by atoms with Gasteiger partial charge in [0.25, 0.3) is 5.91 Å². The monoisotopic (exact) mass is 347 g/mol. The summed E-state index contributed by atoms with van der Waals surface area (Å²) in [6.07, 6.45) is 1.57. The molecule has 1 aromatic carbocycles. The summed E-state index contributed by atoms with van der Waals surface area (Å²) in [7, 11) is 0. The molecule has 0 aliphatic carbocycles. The number of carbonyl (C=O) groups excluding carboxylic acids is 2. The molecule has 108 valence electrons. The number of benzene rings is 1.